The second kappa shape index (κ2) is 12.0. The van der Waals surface area contributed by atoms with E-state index in [1.165, 1.54) is 15.9 Å². The van der Waals surface area contributed by atoms with Crippen molar-refractivity contribution in [2.45, 2.75) is 19.9 Å². The number of thiazole rings is 1. The quantitative estimate of drug-likeness (QED) is 0.230. The van der Waals surface area contributed by atoms with Crippen molar-refractivity contribution in [1.29, 1.82) is 0 Å². The first-order chi connectivity index (χ1) is 19.8. The maximum absolute atomic E-state index is 13.8. The van der Waals surface area contributed by atoms with Crippen molar-refractivity contribution in [3.05, 3.63) is 125 Å². The van der Waals surface area contributed by atoms with E-state index in [-0.39, 0.29) is 17.7 Å². The molecule has 0 bridgehead atoms. The van der Waals surface area contributed by atoms with Crippen LogP contribution in [0.2, 0.25) is 5.02 Å². The van der Waals surface area contributed by atoms with Crippen molar-refractivity contribution in [2.24, 2.45) is 4.99 Å². The number of fused-ring (bicyclic) bond motifs is 1. The number of rotatable bonds is 7. The van der Waals surface area contributed by atoms with Crippen molar-refractivity contribution in [3.8, 4) is 11.5 Å². The fourth-order valence-corrected chi connectivity index (χ4v) is 5.72. The van der Waals surface area contributed by atoms with Crippen molar-refractivity contribution >= 4 is 41.0 Å². The second-order valence-corrected chi connectivity index (χ2v) is 10.4. The Morgan fingerprint density at radius 3 is 2.34 bits per heavy atom. The fourth-order valence-electron chi connectivity index (χ4n) is 4.47. The summed E-state index contributed by atoms with van der Waals surface area (Å²) in [6.07, 6.45) is 1.73. The van der Waals surface area contributed by atoms with Crippen molar-refractivity contribution < 1.29 is 23.8 Å². The highest BCUT2D eigenvalue weighted by Gasteiger charge is 2.33. The average Bonchev–Trinajstić information content (AvgIpc) is 3.27. The topological polar surface area (TPSA) is 96.2 Å². The van der Waals surface area contributed by atoms with Crippen molar-refractivity contribution in [2.75, 3.05) is 13.7 Å². The number of carbonyl (C=O) groups excluding carboxylic acids is 2. The minimum atomic E-state index is -0.718. The number of hydrogen-bond donors (Lipinski definition) is 0. The van der Waals surface area contributed by atoms with E-state index < -0.39 is 18.0 Å². The van der Waals surface area contributed by atoms with Crippen LogP contribution in [-0.4, -0.2) is 30.2 Å². The first kappa shape index (κ1) is 28.1. The Balaban J connectivity index is 1.51. The molecule has 5 rings (SSSR count). The predicted molar refractivity (Wildman–Crippen MR) is 156 cm³/mol. The lowest BCUT2D eigenvalue weighted by molar-refractivity contribution is -0.139. The van der Waals surface area contributed by atoms with Gasteiger partial charge in [0, 0.05) is 0 Å². The summed E-state index contributed by atoms with van der Waals surface area (Å²) in [5, 5.41) is 0.304. The van der Waals surface area contributed by atoms with Crippen molar-refractivity contribution in [3.63, 3.8) is 0 Å². The zero-order chi connectivity index (χ0) is 29.1. The molecule has 3 aromatic carbocycles. The summed E-state index contributed by atoms with van der Waals surface area (Å²) in [4.78, 5) is 44.3. The van der Waals surface area contributed by atoms with Gasteiger partial charge in [-0.25, -0.2) is 14.6 Å². The third-order valence-corrected chi connectivity index (χ3v) is 7.74. The Kier molecular flexibility index (Phi) is 8.19. The summed E-state index contributed by atoms with van der Waals surface area (Å²) in [5.74, 6) is -0.1000. The van der Waals surface area contributed by atoms with Gasteiger partial charge in [-0.2, -0.15) is 0 Å². The van der Waals surface area contributed by atoms with Gasteiger partial charge in [-0.15, -0.1) is 0 Å². The smallest absolute Gasteiger partial charge is 0.345 e. The highest BCUT2D eigenvalue weighted by Crippen LogP contribution is 2.31. The molecule has 1 atom stereocenters. The normalized spacial score (nSPS) is 14.7. The van der Waals surface area contributed by atoms with Crippen LogP contribution in [0.15, 0.2) is 93.9 Å². The lowest BCUT2D eigenvalue weighted by atomic mass is 9.96. The molecule has 0 amide bonds. The Hall–Kier alpha value is -4.47. The van der Waals surface area contributed by atoms with Crippen LogP contribution >= 0.6 is 22.9 Å². The van der Waals surface area contributed by atoms with Crippen LogP contribution in [0, 0.1) is 0 Å². The van der Waals surface area contributed by atoms with Gasteiger partial charge in [-0.05, 0) is 67.4 Å². The molecule has 1 aliphatic heterocycles. The summed E-state index contributed by atoms with van der Waals surface area (Å²) in [6, 6.07) is 19.9. The minimum Gasteiger partial charge on any atom is -0.497 e. The predicted octanol–water partition coefficient (Wildman–Crippen LogP) is 4.68. The van der Waals surface area contributed by atoms with Crippen LogP contribution < -0.4 is 24.4 Å². The average molecular weight is 589 g/mol. The monoisotopic (exact) mass is 588 g/mol. The molecule has 0 N–H and O–H groups in total. The van der Waals surface area contributed by atoms with Gasteiger partial charge in [0.2, 0.25) is 0 Å². The molecule has 208 valence electrons. The van der Waals surface area contributed by atoms with Crippen LogP contribution in [0.4, 0.5) is 0 Å². The number of aromatic nitrogens is 1. The van der Waals surface area contributed by atoms with E-state index in [0.29, 0.717) is 37.1 Å². The molecule has 1 unspecified atom stereocenters. The molecule has 0 spiro atoms. The standard InChI is InChI=1S/C31H25ClN2O6S/c1-4-39-30(37)26-18(2)33-31-34(27(26)20-11-15-21(38-3)16-12-20)28(35)25(41-31)17-19-9-13-22(14-10-19)40-29(36)23-7-5-6-8-24(23)32/h5-17,27H,4H2,1-3H3/b25-17+. The molecule has 2 heterocycles. The number of allylic oxidation sites excluding steroid dienone is 1. The van der Waals surface area contributed by atoms with Crippen molar-refractivity contribution in [1.82, 2.24) is 4.57 Å². The van der Waals surface area contributed by atoms with E-state index in [0.717, 1.165) is 11.1 Å². The minimum absolute atomic E-state index is 0.194. The Morgan fingerprint density at radius 2 is 1.68 bits per heavy atom. The summed E-state index contributed by atoms with van der Waals surface area (Å²) >= 11 is 7.32. The highest BCUT2D eigenvalue weighted by molar-refractivity contribution is 7.07. The lowest BCUT2D eigenvalue weighted by Gasteiger charge is -2.24. The van der Waals surface area contributed by atoms with Crippen LogP contribution in [0.25, 0.3) is 6.08 Å². The zero-order valence-corrected chi connectivity index (χ0v) is 24.0. The zero-order valence-electron chi connectivity index (χ0n) is 22.4. The molecule has 10 heteroatoms. The van der Waals surface area contributed by atoms with Crippen LogP contribution in [0.3, 0.4) is 0 Å². The molecule has 0 fully saturated rings. The maximum atomic E-state index is 13.8. The number of esters is 2. The number of hydrogen-bond acceptors (Lipinski definition) is 8. The van der Waals surface area contributed by atoms with Gasteiger partial charge < -0.3 is 14.2 Å². The summed E-state index contributed by atoms with van der Waals surface area (Å²) in [5.41, 5.74) is 2.21. The first-order valence-corrected chi connectivity index (χ1v) is 13.9. The molecule has 4 aromatic rings. The Bertz CT molecular complexity index is 1840. The first-order valence-electron chi connectivity index (χ1n) is 12.7. The molecule has 0 radical (unpaired) electrons. The van der Waals surface area contributed by atoms with E-state index in [9.17, 15) is 14.4 Å². The van der Waals surface area contributed by atoms with Gasteiger partial charge >= 0.3 is 11.9 Å². The van der Waals surface area contributed by atoms with Crippen LogP contribution in [-0.2, 0) is 9.53 Å². The molecule has 41 heavy (non-hydrogen) atoms. The molecule has 0 saturated heterocycles. The second-order valence-electron chi connectivity index (χ2n) is 9.01. The molecular weight excluding hydrogens is 564 g/mol. The number of halogens is 1. The lowest BCUT2D eigenvalue weighted by Crippen LogP contribution is -2.39. The van der Waals surface area contributed by atoms with Gasteiger partial charge in [0.25, 0.3) is 5.56 Å². The van der Waals surface area contributed by atoms with Crippen LogP contribution in [0.1, 0.15) is 41.4 Å². The summed E-state index contributed by atoms with van der Waals surface area (Å²) in [7, 11) is 1.57. The third kappa shape index (κ3) is 5.73. The van der Waals surface area contributed by atoms with E-state index in [1.54, 1.807) is 87.7 Å². The van der Waals surface area contributed by atoms with Gasteiger partial charge in [0.1, 0.15) is 11.5 Å². The number of carbonyl (C=O) groups is 2. The number of nitrogens with zero attached hydrogens (tertiary/aromatic N) is 2. The summed E-state index contributed by atoms with van der Waals surface area (Å²) < 4.78 is 18.0. The number of methoxy groups -OCH3 is 1. The number of ether oxygens (including phenoxy) is 3. The summed E-state index contributed by atoms with van der Waals surface area (Å²) in [6.45, 7) is 3.66. The largest absolute Gasteiger partial charge is 0.497 e. The third-order valence-electron chi connectivity index (χ3n) is 6.43. The molecule has 0 aliphatic carbocycles. The molecule has 1 aliphatic rings. The van der Waals surface area contributed by atoms with E-state index in [2.05, 4.69) is 4.99 Å². The molecule has 8 nitrogen and oxygen atoms in total. The van der Waals surface area contributed by atoms with Gasteiger partial charge in [0.05, 0.1) is 46.1 Å². The van der Waals surface area contributed by atoms with Crippen LogP contribution in [0.5, 0.6) is 11.5 Å². The van der Waals surface area contributed by atoms with Gasteiger partial charge in [0.15, 0.2) is 4.80 Å². The highest BCUT2D eigenvalue weighted by atomic mass is 35.5. The van der Waals surface area contributed by atoms with E-state index >= 15 is 0 Å². The maximum Gasteiger partial charge on any atom is 0.345 e. The molecule has 0 saturated carbocycles. The molecule has 1 aromatic heterocycles. The molecular formula is C31H25ClN2O6S. The Morgan fingerprint density at radius 1 is 1.00 bits per heavy atom. The fraction of sp³-hybridized carbons (Fsp3) is 0.161. The Labute approximate surface area is 244 Å². The number of benzene rings is 3. The van der Waals surface area contributed by atoms with Gasteiger partial charge in [-0.1, -0.05) is 59.3 Å². The van der Waals surface area contributed by atoms with E-state index in [1.807, 2.05) is 12.1 Å². The van der Waals surface area contributed by atoms with E-state index in [4.69, 9.17) is 25.8 Å². The SMILES string of the molecule is CCOC(=O)C1=C(C)N=c2s/c(=C/c3ccc(OC(=O)c4ccccc4Cl)cc3)c(=O)n2C1c1ccc(OC)cc1. The van der Waals surface area contributed by atoms with Gasteiger partial charge in [-0.3, -0.25) is 9.36 Å².